The third-order valence-electron chi connectivity index (χ3n) is 4.01. The van der Waals surface area contributed by atoms with Gasteiger partial charge in [0.05, 0.1) is 11.8 Å². The van der Waals surface area contributed by atoms with E-state index in [9.17, 15) is 4.79 Å². The lowest BCUT2D eigenvalue weighted by molar-refractivity contribution is -0.118. The molecule has 1 amide bonds. The van der Waals surface area contributed by atoms with Gasteiger partial charge >= 0.3 is 0 Å². The summed E-state index contributed by atoms with van der Waals surface area (Å²) in [6.07, 6.45) is 0.453. The number of ether oxygens (including phenoxy) is 1. The number of carbonyl (C=O) groups excluding carboxylic acids is 1. The highest BCUT2D eigenvalue weighted by molar-refractivity contribution is 9.10. The summed E-state index contributed by atoms with van der Waals surface area (Å²) in [4.78, 5) is 13.3. The Labute approximate surface area is 177 Å². The fraction of sp³-hybridized carbons (Fsp3) is 0.182. The number of hydrogen-bond acceptors (Lipinski definition) is 4. The van der Waals surface area contributed by atoms with Crippen LogP contribution in [0.15, 0.2) is 70.0 Å². The van der Waals surface area contributed by atoms with Gasteiger partial charge in [0.25, 0.3) is 5.91 Å². The molecule has 0 radical (unpaired) electrons. The molecule has 3 aromatic carbocycles. The van der Waals surface area contributed by atoms with Crippen LogP contribution in [0.5, 0.6) is 5.75 Å². The summed E-state index contributed by atoms with van der Waals surface area (Å²) in [6, 6.07) is 21.5. The zero-order valence-electron chi connectivity index (χ0n) is 15.3. The van der Waals surface area contributed by atoms with Crippen molar-refractivity contribution in [2.45, 2.75) is 23.5 Å². The van der Waals surface area contributed by atoms with Crippen molar-refractivity contribution >= 4 is 50.1 Å². The Kier molecular flexibility index (Phi) is 6.96. The van der Waals surface area contributed by atoms with Gasteiger partial charge in [0.2, 0.25) is 0 Å². The zero-order chi connectivity index (χ0) is 19.9. The maximum Gasteiger partial charge on any atom is 0.262 e. The number of benzene rings is 3. The minimum Gasteiger partial charge on any atom is -0.484 e. The molecule has 1 N–H and O–H groups in total. The first-order valence-electron chi connectivity index (χ1n) is 8.80. The van der Waals surface area contributed by atoms with Crippen molar-refractivity contribution in [1.29, 1.82) is 5.26 Å². The van der Waals surface area contributed by atoms with Gasteiger partial charge in [-0.05, 0) is 47.2 Å². The number of amides is 1. The normalized spacial score (nSPS) is 11.6. The summed E-state index contributed by atoms with van der Waals surface area (Å²) < 4.78 is 6.69. The summed E-state index contributed by atoms with van der Waals surface area (Å²) in [6.45, 7) is 1.92. The largest absolute Gasteiger partial charge is 0.484 e. The second-order valence-electron chi connectivity index (χ2n) is 6.28. The second kappa shape index (κ2) is 9.63. The fourth-order valence-corrected chi connectivity index (χ4v) is 4.05. The number of nitriles is 1. The Morgan fingerprint density at radius 2 is 1.93 bits per heavy atom. The number of rotatable bonds is 7. The molecule has 0 aromatic heterocycles. The minimum absolute atomic E-state index is 0.0746. The molecule has 0 aliphatic rings. The number of carbonyl (C=O) groups is 1. The topological polar surface area (TPSA) is 62.1 Å². The van der Waals surface area contributed by atoms with Crippen LogP contribution < -0.4 is 10.1 Å². The number of halogens is 1. The highest BCUT2D eigenvalue weighted by atomic mass is 79.9. The highest BCUT2D eigenvalue weighted by Gasteiger charge is 2.11. The van der Waals surface area contributed by atoms with Crippen molar-refractivity contribution in [2.75, 3.05) is 11.9 Å². The van der Waals surface area contributed by atoms with Gasteiger partial charge < -0.3 is 10.1 Å². The van der Waals surface area contributed by atoms with E-state index in [1.54, 1.807) is 11.8 Å². The van der Waals surface area contributed by atoms with Gasteiger partial charge in [-0.2, -0.15) is 5.26 Å². The van der Waals surface area contributed by atoms with Crippen molar-refractivity contribution in [2.24, 2.45) is 0 Å². The summed E-state index contributed by atoms with van der Waals surface area (Å²) >= 11 is 5.03. The first kappa shape index (κ1) is 20.2. The molecule has 1 atom stereocenters. The van der Waals surface area contributed by atoms with Crippen LogP contribution in [0.4, 0.5) is 5.69 Å². The molecule has 3 rings (SSSR count). The molecule has 28 heavy (non-hydrogen) atoms. The average molecular weight is 455 g/mol. The molecule has 0 saturated heterocycles. The lowest BCUT2D eigenvalue weighted by atomic mass is 10.1. The van der Waals surface area contributed by atoms with Crippen LogP contribution in [0.2, 0.25) is 0 Å². The minimum atomic E-state index is -0.225. The standard InChI is InChI=1S/C22H19BrN2O2S/c1-15(10-11-24)28-21-5-3-2-4-20(21)25-22(26)14-27-19-9-7-16-12-18(23)8-6-17(16)13-19/h2-9,12-13,15H,10,14H2,1H3,(H,25,26). The third kappa shape index (κ3) is 5.51. The second-order valence-corrected chi connectivity index (χ2v) is 8.67. The number of hydrogen-bond donors (Lipinski definition) is 1. The molecular formula is C22H19BrN2O2S. The van der Waals surface area contributed by atoms with E-state index in [-0.39, 0.29) is 17.8 Å². The van der Waals surface area contributed by atoms with Gasteiger partial charge in [-0.1, -0.05) is 47.1 Å². The fourth-order valence-electron chi connectivity index (χ4n) is 2.68. The van der Waals surface area contributed by atoms with Crippen molar-refractivity contribution in [3.05, 3.63) is 65.1 Å². The molecule has 0 heterocycles. The molecule has 0 spiro atoms. The van der Waals surface area contributed by atoms with Crippen LogP contribution in [-0.2, 0) is 4.79 Å². The maximum atomic E-state index is 12.4. The maximum absolute atomic E-state index is 12.4. The van der Waals surface area contributed by atoms with Gasteiger partial charge in [-0.3, -0.25) is 4.79 Å². The van der Waals surface area contributed by atoms with E-state index in [2.05, 4.69) is 27.3 Å². The molecule has 3 aromatic rings. The van der Waals surface area contributed by atoms with E-state index in [0.717, 1.165) is 25.8 Å². The lowest BCUT2D eigenvalue weighted by Crippen LogP contribution is -2.20. The molecule has 0 aliphatic carbocycles. The van der Waals surface area contributed by atoms with Gasteiger partial charge in [0.1, 0.15) is 5.75 Å². The average Bonchev–Trinajstić information content (AvgIpc) is 2.68. The number of fused-ring (bicyclic) bond motifs is 1. The molecule has 4 nitrogen and oxygen atoms in total. The molecule has 1 unspecified atom stereocenters. The quantitative estimate of drug-likeness (QED) is 0.443. The van der Waals surface area contributed by atoms with Crippen molar-refractivity contribution < 1.29 is 9.53 Å². The van der Waals surface area contributed by atoms with E-state index in [0.29, 0.717) is 12.2 Å². The first-order chi connectivity index (χ1) is 13.5. The molecular weight excluding hydrogens is 436 g/mol. The molecule has 0 aliphatic heterocycles. The number of thioether (sulfide) groups is 1. The Bertz CT molecular complexity index is 1030. The van der Waals surface area contributed by atoms with Crippen molar-refractivity contribution in [3.63, 3.8) is 0 Å². The predicted octanol–water partition coefficient (Wildman–Crippen LogP) is 6.01. The van der Waals surface area contributed by atoms with E-state index in [1.165, 1.54) is 0 Å². The zero-order valence-corrected chi connectivity index (χ0v) is 17.7. The van der Waals surface area contributed by atoms with Crippen molar-refractivity contribution in [3.8, 4) is 11.8 Å². The van der Waals surface area contributed by atoms with Crippen LogP contribution in [0.25, 0.3) is 10.8 Å². The number of nitrogens with one attached hydrogen (secondary N) is 1. The van der Waals surface area contributed by atoms with Crippen LogP contribution in [0.1, 0.15) is 13.3 Å². The summed E-state index contributed by atoms with van der Waals surface area (Å²) in [5, 5.41) is 14.0. The lowest BCUT2D eigenvalue weighted by Gasteiger charge is -2.13. The Morgan fingerprint density at radius 3 is 2.75 bits per heavy atom. The summed E-state index contributed by atoms with van der Waals surface area (Å²) in [5.41, 5.74) is 0.731. The summed E-state index contributed by atoms with van der Waals surface area (Å²) in [5.74, 6) is 0.423. The van der Waals surface area contributed by atoms with Crippen LogP contribution in [-0.4, -0.2) is 17.8 Å². The van der Waals surface area contributed by atoms with Crippen LogP contribution in [0, 0.1) is 11.3 Å². The monoisotopic (exact) mass is 454 g/mol. The van der Waals surface area contributed by atoms with Gasteiger partial charge in [0.15, 0.2) is 6.61 Å². The highest BCUT2D eigenvalue weighted by Crippen LogP contribution is 2.31. The van der Waals surface area contributed by atoms with Crippen LogP contribution in [0.3, 0.4) is 0 Å². The summed E-state index contributed by atoms with van der Waals surface area (Å²) in [7, 11) is 0. The number of anilines is 1. The molecule has 0 fully saturated rings. The van der Waals surface area contributed by atoms with Gasteiger partial charge in [-0.15, -0.1) is 11.8 Å². The SMILES string of the molecule is CC(CC#N)Sc1ccccc1NC(=O)COc1ccc2cc(Br)ccc2c1. The van der Waals surface area contributed by atoms with Crippen LogP contribution >= 0.6 is 27.7 Å². The Balaban J connectivity index is 1.62. The van der Waals surface area contributed by atoms with Gasteiger partial charge in [-0.25, -0.2) is 0 Å². The van der Waals surface area contributed by atoms with Gasteiger partial charge in [0, 0.05) is 21.0 Å². The molecule has 142 valence electrons. The van der Waals surface area contributed by atoms with E-state index < -0.39 is 0 Å². The van der Waals surface area contributed by atoms with Crippen molar-refractivity contribution in [1.82, 2.24) is 0 Å². The van der Waals surface area contributed by atoms with E-state index in [1.807, 2.05) is 67.6 Å². The molecule has 6 heteroatoms. The third-order valence-corrected chi connectivity index (χ3v) is 5.68. The van der Waals surface area contributed by atoms with E-state index in [4.69, 9.17) is 10.00 Å². The number of para-hydroxylation sites is 1. The molecule has 0 bridgehead atoms. The van der Waals surface area contributed by atoms with E-state index >= 15 is 0 Å². The molecule has 0 saturated carbocycles. The number of nitrogens with zero attached hydrogens (tertiary/aromatic N) is 1. The predicted molar refractivity (Wildman–Crippen MR) is 118 cm³/mol. The Morgan fingerprint density at radius 1 is 1.18 bits per heavy atom. The first-order valence-corrected chi connectivity index (χ1v) is 10.5. The Hall–Kier alpha value is -2.49. The smallest absolute Gasteiger partial charge is 0.262 e.